The number of aromatic hydroxyl groups is 2. The monoisotopic (exact) mass is 297 g/mol. The smallest absolute Gasteiger partial charge is 0.251 e. The molecule has 20 heavy (non-hydrogen) atoms. The minimum Gasteiger partial charge on any atom is -0.504 e. The van der Waals surface area contributed by atoms with Crippen molar-refractivity contribution in [3.8, 4) is 11.5 Å². The molecular formula is C15H20ClNO3. The van der Waals surface area contributed by atoms with E-state index in [0.29, 0.717) is 17.4 Å². The van der Waals surface area contributed by atoms with E-state index in [0.717, 1.165) is 25.7 Å². The minimum atomic E-state index is -0.362. The molecule has 5 heteroatoms. The fraction of sp³-hybridized carbons (Fsp3) is 0.533. The fourth-order valence-corrected chi connectivity index (χ4v) is 2.92. The predicted molar refractivity (Wildman–Crippen MR) is 78.3 cm³/mol. The van der Waals surface area contributed by atoms with Crippen molar-refractivity contribution in [1.29, 1.82) is 0 Å². The van der Waals surface area contributed by atoms with Crippen LogP contribution in [0.3, 0.4) is 0 Å². The van der Waals surface area contributed by atoms with Crippen molar-refractivity contribution < 1.29 is 15.0 Å². The third-order valence-corrected chi connectivity index (χ3v) is 4.62. The number of halogens is 1. The van der Waals surface area contributed by atoms with E-state index in [2.05, 4.69) is 12.2 Å². The van der Waals surface area contributed by atoms with Crippen LogP contribution in [0.2, 0.25) is 0 Å². The molecule has 1 saturated carbocycles. The zero-order valence-corrected chi connectivity index (χ0v) is 12.3. The minimum absolute atomic E-state index is 0.236. The summed E-state index contributed by atoms with van der Waals surface area (Å²) in [6, 6.07) is 4.05. The summed E-state index contributed by atoms with van der Waals surface area (Å²) >= 11 is 6.07. The van der Waals surface area contributed by atoms with Crippen LogP contribution in [0.1, 0.15) is 43.0 Å². The van der Waals surface area contributed by atoms with Gasteiger partial charge in [0.05, 0.1) is 5.54 Å². The van der Waals surface area contributed by atoms with Gasteiger partial charge in [0, 0.05) is 11.4 Å². The molecule has 0 saturated heterocycles. The SMILES string of the molecule is CC1CCC(CCl)(NC(=O)c2ccc(O)c(O)c2)CC1. The maximum absolute atomic E-state index is 12.3. The van der Waals surface area contributed by atoms with E-state index in [9.17, 15) is 15.0 Å². The molecule has 1 aliphatic carbocycles. The second-order valence-electron chi connectivity index (χ2n) is 5.75. The number of phenolic OH excluding ortho intramolecular Hbond substituents is 2. The molecule has 0 radical (unpaired) electrons. The van der Waals surface area contributed by atoms with E-state index in [1.165, 1.54) is 18.2 Å². The predicted octanol–water partition coefficient (Wildman–Crippen LogP) is 3.02. The van der Waals surface area contributed by atoms with Crippen LogP contribution in [0.5, 0.6) is 11.5 Å². The Balaban J connectivity index is 2.11. The van der Waals surface area contributed by atoms with Gasteiger partial charge in [0.15, 0.2) is 11.5 Å². The van der Waals surface area contributed by atoms with Gasteiger partial charge in [0.2, 0.25) is 0 Å². The molecule has 0 spiro atoms. The summed E-state index contributed by atoms with van der Waals surface area (Å²) in [5.74, 6) is 0.251. The molecule has 110 valence electrons. The maximum Gasteiger partial charge on any atom is 0.251 e. The molecule has 0 heterocycles. The summed E-state index contributed by atoms with van der Waals surface area (Å²) < 4.78 is 0. The van der Waals surface area contributed by atoms with Gasteiger partial charge in [-0.25, -0.2) is 0 Å². The van der Waals surface area contributed by atoms with E-state index in [-0.39, 0.29) is 22.9 Å². The van der Waals surface area contributed by atoms with E-state index in [1.54, 1.807) is 0 Å². The molecule has 1 aromatic rings. The largest absolute Gasteiger partial charge is 0.504 e. The first kappa shape index (κ1) is 15.0. The maximum atomic E-state index is 12.3. The summed E-state index contributed by atoms with van der Waals surface area (Å²) in [6.07, 6.45) is 3.84. The fourth-order valence-electron chi connectivity index (χ4n) is 2.58. The van der Waals surface area contributed by atoms with Crippen LogP contribution >= 0.6 is 11.6 Å². The van der Waals surface area contributed by atoms with Crippen molar-refractivity contribution in [3.63, 3.8) is 0 Å². The topological polar surface area (TPSA) is 69.6 Å². The Kier molecular flexibility index (Phi) is 4.43. The van der Waals surface area contributed by atoms with Crippen LogP contribution < -0.4 is 5.32 Å². The molecular weight excluding hydrogens is 278 g/mol. The number of rotatable bonds is 3. The number of amides is 1. The molecule has 2 rings (SSSR count). The molecule has 3 N–H and O–H groups in total. The first-order valence-electron chi connectivity index (χ1n) is 6.86. The Morgan fingerprint density at radius 3 is 2.55 bits per heavy atom. The van der Waals surface area contributed by atoms with Gasteiger partial charge >= 0.3 is 0 Å². The molecule has 0 aromatic heterocycles. The zero-order chi connectivity index (χ0) is 14.8. The summed E-state index contributed by atoms with van der Waals surface area (Å²) in [5, 5.41) is 21.7. The Morgan fingerprint density at radius 1 is 1.35 bits per heavy atom. The van der Waals surface area contributed by atoms with Gasteiger partial charge < -0.3 is 15.5 Å². The Labute approximate surface area is 123 Å². The van der Waals surface area contributed by atoms with E-state index >= 15 is 0 Å². The van der Waals surface area contributed by atoms with Crippen LogP contribution in [0, 0.1) is 5.92 Å². The van der Waals surface area contributed by atoms with Gasteiger partial charge in [0.1, 0.15) is 0 Å². The zero-order valence-electron chi connectivity index (χ0n) is 11.5. The Hall–Kier alpha value is -1.42. The van der Waals surface area contributed by atoms with Crippen LogP contribution in [0.15, 0.2) is 18.2 Å². The van der Waals surface area contributed by atoms with Crippen molar-refractivity contribution >= 4 is 17.5 Å². The molecule has 0 bridgehead atoms. The highest BCUT2D eigenvalue weighted by Gasteiger charge is 2.35. The van der Waals surface area contributed by atoms with Gasteiger partial charge in [-0.1, -0.05) is 6.92 Å². The average Bonchev–Trinajstić information content (AvgIpc) is 2.44. The van der Waals surface area contributed by atoms with Crippen LogP contribution in [-0.2, 0) is 0 Å². The Morgan fingerprint density at radius 2 is 2.00 bits per heavy atom. The van der Waals surface area contributed by atoms with Crippen LogP contribution in [-0.4, -0.2) is 27.5 Å². The van der Waals surface area contributed by atoms with Crippen molar-refractivity contribution in [2.45, 2.75) is 38.1 Å². The molecule has 1 aliphatic rings. The average molecular weight is 298 g/mol. The number of hydrogen-bond acceptors (Lipinski definition) is 3. The number of hydrogen-bond donors (Lipinski definition) is 3. The van der Waals surface area contributed by atoms with Crippen LogP contribution in [0.25, 0.3) is 0 Å². The van der Waals surface area contributed by atoms with Gasteiger partial charge in [-0.2, -0.15) is 0 Å². The van der Waals surface area contributed by atoms with E-state index in [4.69, 9.17) is 11.6 Å². The summed E-state index contributed by atoms with van der Waals surface area (Å²) in [6.45, 7) is 2.21. The Bertz CT molecular complexity index is 496. The lowest BCUT2D eigenvalue weighted by atomic mass is 9.78. The quantitative estimate of drug-likeness (QED) is 0.593. The number of nitrogens with one attached hydrogen (secondary N) is 1. The van der Waals surface area contributed by atoms with E-state index < -0.39 is 0 Å². The van der Waals surface area contributed by atoms with Crippen molar-refractivity contribution in [1.82, 2.24) is 5.32 Å². The molecule has 1 aromatic carbocycles. The second-order valence-corrected chi connectivity index (χ2v) is 6.02. The summed E-state index contributed by atoms with van der Waals surface area (Å²) in [4.78, 5) is 12.3. The standard InChI is InChI=1S/C15H20ClNO3/c1-10-4-6-15(9-16,7-5-10)17-14(20)11-2-3-12(18)13(19)8-11/h2-3,8,10,18-19H,4-7,9H2,1H3,(H,17,20). The highest BCUT2D eigenvalue weighted by molar-refractivity contribution is 6.19. The first-order chi connectivity index (χ1) is 9.46. The van der Waals surface area contributed by atoms with E-state index in [1.807, 2.05) is 0 Å². The third kappa shape index (κ3) is 3.18. The first-order valence-corrected chi connectivity index (χ1v) is 7.40. The lowest BCUT2D eigenvalue weighted by molar-refractivity contribution is 0.0872. The van der Waals surface area contributed by atoms with Gasteiger partial charge in [-0.05, 0) is 49.8 Å². The molecule has 0 atom stereocenters. The molecule has 4 nitrogen and oxygen atoms in total. The third-order valence-electron chi connectivity index (χ3n) is 4.10. The molecule has 0 aliphatic heterocycles. The summed E-state index contributed by atoms with van der Waals surface area (Å²) in [5.41, 5.74) is -0.0398. The highest BCUT2D eigenvalue weighted by Crippen LogP contribution is 2.33. The highest BCUT2D eigenvalue weighted by atomic mass is 35.5. The number of alkyl halides is 1. The van der Waals surface area contributed by atoms with Crippen molar-refractivity contribution in [2.24, 2.45) is 5.92 Å². The van der Waals surface area contributed by atoms with Crippen molar-refractivity contribution in [3.05, 3.63) is 23.8 Å². The molecule has 1 amide bonds. The van der Waals surface area contributed by atoms with Crippen LogP contribution in [0.4, 0.5) is 0 Å². The number of benzene rings is 1. The lowest BCUT2D eigenvalue weighted by Gasteiger charge is -2.38. The summed E-state index contributed by atoms with van der Waals surface area (Å²) in [7, 11) is 0. The van der Waals surface area contributed by atoms with Gasteiger partial charge in [-0.15, -0.1) is 11.6 Å². The lowest BCUT2D eigenvalue weighted by Crippen LogP contribution is -2.52. The van der Waals surface area contributed by atoms with Crippen molar-refractivity contribution in [2.75, 3.05) is 5.88 Å². The van der Waals surface area contributed by atoms with Gasteiger partial charge in [0.25, 0.3) is 5.91 Å². The molecule has 1 fully saturated rings. The van der Waals surface area contributed by atoms with Gasteiger partial charge in [-0.3, -0.25) is 4.79 Å². The normalized spacial score (nSPS) is 26.2. The number of phenols is 2. The number of carbonyl (C=O) groups is 1. The second kappa shape index (κ2) is 5.92. The molecule has 0 unspecified atom stereocenters. The number of carbonyl (C=O) groups excluding carboxylic acids is 1.